The van der Waals surface area contributed by atoms with Gasteiger partial charge in [-0.25, -0.2) is 0 Å². The average Bonchev–Trinajstić information content (AvgIpc) is 3.31. The van der Waals surface area contributed by atoms with Gasteiger partial charge in [-0.1, -0.05) is 54.7 Å². The molecule has 2 heterocycles. The SMILES string of the molecule is N#Cc1c(-c2cccc3ccccc23)c2c(n([C@@H]3O[C@H](CO)[C@@H](O)[C@H](O)[C@H]3O)c1=S)CCC2. The van der Waals surface area contributed by atoms with Crippen molar-refractivity contribution in [3.8, 4) is 17.2 Å². The van der Waals surface area contributed by atoms with Gasteiger partial charge in [0.15, 0.2) is 6.23 Å². The number of pyridine rings is 1. The third kappa shape index (κ3) is 3.40. The molecule has 0 spiro atoms. The summed E-state index contributed by atoms with van der Waals surface area (Å²) in [6.07, 6.45) is -4.42. The van der Waals surface area contributed by atoms with E-state index in [2.05, 4.69) is 6.07 Å². The number of benzene rings is 2. The molecule has 0 amide bonds. The molecule has 0 unspecified atom stereocenters. The molecule has 0 saturated carbocycles. The molecule has 1 aliphatic heterocycles. The van der Waals surface area contributed by atoms with Crippen LogP contribution in [0.3, 0.4) is 0 Å². The summed E-state index contributed by atoms with van der Waals surface area (Å²) in [6, 6.07) is 16.2. The summed E-state index contributed by atoms with van der Waals surface area (Å²) in [4.78, 5) is 0. The zero-order chi connectivity index (χ0) is 23.3. The molecule has 2 aliphatic rings. The quantitative estimate of drug-likeness (QED) is 0.440. The lowest BCUT2D eigenvalue weighted by Gasteiger charge is -2.41. The van der Waals surface area contributed by atoms with E-state index in [0.717, 1.165) is 46.0 Å². The van der Waals surface area contributed by atoms with Crippen molar-refractivity contribution >= 4 is 23.0 Å². The number of aromatic nitrogens is 1. The summed E-state index contributed by atoms with van der Waals surface area (Å²) in [5.74, 6) is 0. The van der Waals surface area contributed by atoms with Crippen LogP contribution in [0.15, 0.2) is 42.5 Å². The van der Waals surface area contributed by atoms with Gasteiger partial charge in [0.05, 0.1) is 12.2 Å². The van der Waals surface area contributed by atoms with E-state index in [9.17, 15) is 25.7 Å². The van der Waals surface area contributed by atoms with Gasteiger partial charge in [-0.2, -0.15) is 5.26 Å². The van der Waals surface area contributed by atoms with Gasteiger partial charge in [0.2, 0.25) is 0 Å². The van der Waals surface area contributed by atoms with Gasteiger partial charge in [0.25, 0.3) is 0 Å². The second kappa shape index (κ2) is 8.61. The van der Waals surface area contributed by atoms with Crippen molar-refractivity contribution < 1.29 is 25.2 Å². The molecule has 0 bridgehead atoms. The molecule has 1 aliphatic carbocycles. The molecule has 5 atom stereocenters. The van der Waals surface area contributed by atoms with Crippen molar-refractivity contribution in [2.24, 2.45) is 0 Å². The van der Waals surface area contributed by atoms with E-state index < -0.39 is 37.3 Å². The van der Waals surface area contributed by atoms with E-state index in [1.54, 1.807) is 4.57 Å². The summed E-state index contributed by atoms with van der Waals surface area (Å²) in [6.45, 7) is -0.532. The highest BCUT2D eigenvalue weighted by Crippen LogP contribution is 2.41. The van der Waals surface area contributed by atoms with Gasteiger partial charge in [-0.15, -0.1) is 0 Å². The Morgan fingerprint density at radius 1 is 1.03 bits per heavy atom. The molecule has 2 aromatic carbocycles. The lowest BCUT2D eigenvalue weighted by Crippen LogP contribution is -2.56. The minimum absolute atomic E-state index is 0.199. The Bertz CT molecular complexity index is 1320. The second-order valence-corrected chi connectivity index (χ2v) is 8.95. The molecule has 170 valence electrons. The van der Waals surface area contributed by atoms with Crippen LogP contribution in [0.2, 0.25) is 0 Å². The fourth-order valence-electron chi connectivity index (χ4n) is 5.17. The number of hydrogen-bond acceptors (Lipinski definition) is 7. The van der Waals surface area contributed by atoms with E-state index in [1.165, 1.54) is 0 Å². The maximum Gasteiger partial charge on any atom is 0.164 e. The number of aliphatic hydroxyl groups excluding tert-OH is 4. The summed E-state index contributed by atoms with van der Waals surface area (Å²) < 4.78 is 7.62. The molecule has 33 heavy (non-hydrogen) atoms. The molecule has 7 nitrogen and oxygen atoms in total. The molecule has 1 aromatic heterocycles. The van der Waals surface area contributed by atoms with Crippen LogP contribution in [0, 0.1) is 16.0 Å². The molecule has 5 rings (SSSR count). The molecular weight excluding hydrogens is 440 g/mol. The first-order chi connectivity index (χ1) is 16.0. The smallest absolute Gasteiger partial charge is 0.164 e. The first-order valence-corrected chi connectivity index (χ1v) is 11.4. The zero-order valence-corrected chi connectivity index (χ0v) is 18.6. The number of rotatable bonds is 3. The monoisotopic (exact) mass is 464 g/mol. The van der Waals surface area contributed by atoms with Gasteiger partial charge in [0.1, 0.15) is 35.1 Å². The van der Waals surface area contributed by atoms with E-state index >= 15 is 0 Å². The molecule has 4 N–H and O–H groups in total. The maximum atomic E-state index is 10.8. The van der Waals surface area contributed by atoms with E-state index in [4.69, 9.17) is 17.0 Å². The third-order valence-electron chi connectivity index (χ3n) is 6.76. The normalized spacial score (nSPS) is 26.8. The van der Waals surface area contributed by atoms with Gasteiger partial charge in [0, 0.05) is 11.3 Å². The lowest BCUT2D eigenvalue weighted by molar-refractivity contribution is -0.252. The number of aliphatic hydroxyl groups is 4. The summed E-state index contributed by atoms with van der Waals surface area (Å²) in [5, 5.41) is 53.2. The van der Waals surface area contributed by atoms with Gasteiger partial charge >= 0.3 is 0 Å². The Hall–Kier alpha value is -2.64. The standard InChI is InChI=1S/C25H24N2O5S/c26-11-17-20(15-8-3-6-13-5-1-2-7-14(13)15)16-9-4-10-18(16)27(25(17)33)24-23(31)22(30)21(29)19(12-28)32-24/h1-3,5-8,19,21-24,28-31H,4,9-10,12H2/t19-,21-,22+,23-,24-/m1/s1. The number of fused-ring (bicyclic) bond motifs is 2. The van der Waals surface area contributed by atoms with E-state index in [0.29, 0.717) is 12.0 Å². The number of hydrogen-bond donors (Lipinski definition) is 4. The Labute approximate surface area is 195 Å². The highest BCUT2D eigenvalue weighted by atomic mass is 32.1. The average molecular weight is 465 g/mol. The van der Waals surface area contributed by atoms with Crippen LogP contribution >= 0.6 is 12.2 Å². The van der Waals surface area contributed by atoms with E-state index in [1.807, 2.05) is 42.5 Å². The minimum Gasteiger partial charge on any atom is -0.394 e. The van der Waals surface area contributed by atoms with Crippen LogP contribution < -0.4 is 0 Å². The minimum atomic E-state index is -1.52. The lowest BCUT2D eigenvalue weighted by atomic mass is 9.91. The van der Waals surface area contributed by atoms with Gasteiger partial charge < -0.3 is 29.7 Å². The fourth-order valence-corrected chi connectivity index (χ4v) is 5.53. The Kier molecular flexibility index (Phi) is 5.79. The molecule has 0 radical (unpaired) electrons. The predicted octanol–water partition coefficient (Wildman–Crippen LogP) is 2.37. The van der Waals surface area contributed by atoms with Crippen molar-refractivity contribution in [2.45, 2.75) is 49.9 Å². The summed E-state index contributed by atoms with van der Waals surface area (Å²) in [7, 11) is 0. The van der Waals surface area contributed by atoms with Crippen molar-refractivity contribution in [1.82, 2.24) is 4.57 Å². The van der Waals surface area contributed by atoms with Crippen LogP contribution in [-0.4, -0.2) is 56.0 Å². The van der Waals surface area contributed by atoms with Crippen molar-refractivity contribution in [1.29, 1.82) is 5.26 Å². The largest absolute Gasteiger partial charge is 0.394 e. The van der Waals surface area contributed by atoms with Crippen LogP contribution in [0.25, 0.3) is 21.9 Å². The van der Waals surface area contributed by atoms with Gasteiger partial charge in [-0.3, -0.25) is 0 Å². The number of ether oxygens (including phenoxy) is 1. The number of nitrogens with zero attached hydrogens (tertiary/aromatic N) is 2. The fraction of sp³-hybridized carbons (Fsp3) is 0.360. The van der Waals surface area contributed by atoms with Crippen LogP contribution in [0.4, 0.5) is 0 Å². The molecular formula is C25H24N2O5S. The Morgan fingerprint density at radius 2 is 1.79 bits per heavy atom. The molecule has 8 heteroatoms. The van der Waals surface area contributed by atoms with Crippen molar-refractivity contribution in [3.05, 3.63) is 63.9 Å². The number of nitriles is 1. The summed E-state index contributed by atoms with van der Waals surface area (Å²) in [5.41, 5.74) is 3.83. The highest BCUT2D eigenvalue weighted by molar-refractivity contribution is 7.71. The molecule has 1 saturated heterocycles. The Morgan fingerprint density at radius 3 is 2.55 bits per heavy atom. The first kappa shape index (κ1) is 22.2. The zero-order valence-electron chi connectivity index (χ0n) is 17.8. The van der Waals surface area contributed by atoms with E-state index in [-0.39, 0.29) is 4.64 Å². The van der Waals surface area contributed by atoms with Crippen molar-refractivity contribution in [3.63, 3.8) is 0 Å². The van der Waals surface area contributed by atoms with Crippen LogP contribution in [-0.2, 0) is 17.6 Å². The Balaban J connectivity index is 1.77. The topological polar surface area (TPSA) is 119 Å². The van der Waals surface area contributed by atoms with Crippen LogP contribution in [0.5, 0.6) is 0 Å². The van der Waals surface area contributed by atoms with Crippen LogP contribution in [0.1, 0.15) is 29.5 Å². The van der Waals surface area contributed by atoms with Crippen molar-refractivity contribution in [2.75, 3.05) is 6.61 Å². The third-order valence-corrected chi connectivity index (χ3v) is 7.16. The maximum absolute atomic E-state index is 10.8. The first-order valence-electron chi connectivity index (χ1n) is 11.0. The predicted molar refractivity (Wildman–Crippen MR) is 124 cm³/mol. The van der Waals surface area contributed by atoms with Gasteiger partial charge in [-0.05, 0) is 41.2 Å². The molecule has 3 aromatic rings. The molecule has 1 fully saturated rings. The summed E-state index contributed by atoms with van der Waals surface area (Å²) >= 11 is 5.76. The second-order valence-electron chi connectivity index (χ2n) is 8.56. The highest BCUT2D eigenvalue weighted by Gasteiger charge is 2.45.